The molecule has 3 aromatic rings. The van der Waals surface area contributed by atoms with Gasteiger partial charge in [-0.2, -0.15) is 0 Å². The van der Waals surface area contributed by atoms with Crippen molar-refractivity contribution >= 4 is 28.3 Å². The number of pyridine rings is 1. The Hall–Kier alpha value is -3.22. The number of nitrogens with one attached hydrogen (secondary N) is 2. The molecule has 0 aliphatic carbocycles. The third-order valence-corrected chi connectivity index (χ3v) is 5.04. The van der Waals surface area contributed by atoms with Gasteiger partial charge in [-0.15, -0.1) is 0 Å². The van der Waals surface area contributed by atoms with Crippen LogP contribution >= 0.6 is 0 Å². The van der Waals surface area contributed by atoms with E-state index in [4.69, 9.17) is 4.74 Å². The summed E-state index contributed by atoms with van der Waals surface area (Å²) in [5.74, 6) is 1.73. The molecule has 0 saturated carbocycles. The molecule has 7 nitrogen and oxygen atoms in total. The molecule has 1 aliphatic rings. The van der Waals surface area contributed by atoms with Crippen molar-refractivity contribution in [3.8, 4) is 5.75 Å². The molecule has 1 aliphatic heterocycles. The minimum atomic E-state index is 0.0454. The van der Waals surface area contributed by atoms with Crippen LogP contribution in [0.1, 0.15) is 10.4 Å². The summed E-state index contributed by atoms with van der Waals surface area (Å²) in [5, 5.41) is 4.07. The number of aromatic nitrogens is 2. The van der Waals surface area contributed by atoms with Gasteiger partial charge in [-0.3, -0.25) is 4.79 Å². The van der Waals surface area contributed by atoms with Crippen LogP contribution in [0.25, 0.3) is 10.9 Å². The van der Waals surface area contributed by atoms with Crippen LogP contribution in [0.3, 0.4) is 0 Å². The Labute approximate surface area is 157 Å². The van der Waals surface area contributed by atoms with E-state index >= 15 is 0 Å². The Kier molecular flexibility index (Phi) is 4.58. The third kappa shape index (κ3) is 3.16. The molecule has 1 amide bonds. The largest absolute Gasteiger partial charge is 0.497 e. The van der Waals surface area contributed by atoms with Gasteiger partial charge in [-0.05, 0) is 30.3 Å². The normalized spacial score (nSPS) is 14.4. The molecule has 2 N–H and O–H groups in total. The molecule has 0 bridgehead atoms. The van der Waals surface area contributed by atoms with Crippen molar-refractivity contribution in [2.24, 2.45) is 0 Å². The first-order valence-corrected chi connectivity index (χ1v) is 9.03. The lowest BCUT2D eigenvalue weighted by molar-refractivity contribution is 0.0748. The maximum absolute atomic E-state index is 13.1. The van der Waals surface area contributed by atoms with E-state index in [1.54, 1.807) is 19.5 Å². The predicted octanol–water partition coefficient (Wildman–Crippen LogP) is 2.58. The predicted molar refractivity (Wildman–Crippen MR) is 107 cm³/mol. The summed E-state index contributed by atoms with van der Waals surface area (Å²) in [6.45, 7) is 2.83. The second-order valence-corrected chi connectivity index (χ2v) is 6.52. The van der Waals surface area contributed by atoms with Crippen molar-refractivity contribution in [1.82, 2.24) is 14.9 Å². The van der Waals surface area contributed by atoms with Gasteiger partial charge in [0.05, 0.1) is 18.4 Å². The van der Waals surface area contributed by atoms with Crippen LogP contribution in [-0.2, 0) is 0 Å². The number of piperazine rings is 1. The fraction of sp³-hybridized carbons (Fsp3) is 0.300. The number of hydrogen-bond donors (Lipinski definition) is 2. The maximum Gasteiger partial charge on any atom is 0.256 e. The summed E-state index contributed by atoms with van der Waals surface area (Å²) in [6, 6.07) is 9.66. The van der Waals surface area contributed by atoms with E-state index in [1.807, 2.05) is 42.3 Å². The van der Waals surface area contributed by atoms with Gasteiger partial charge in [0.1, 0.15) is 5.75 Å². The first kappa shape index (κ1) is 17.2. The summed E-state index contributed by atoms with van der Waals surface area (Å²) >= 11 is 0. The molecule has 0 spiro atoms. The minimum absolute atomic E-state index is 0.0454. The van der Waals surface area contributed by atoms with Crippen molar-refractivity contribution in [1.29, 1.82) is 0 Å². The van der Waals surface area contributed by atoms with Gasteiger partial charge in [0, 0.05) is 56.5 Å². The van der Waals surface area contributed by atoms with Crippen LogP contribution in [0.2, 0.25) is 0 Å². The fourth-order valence-corrected chi connectivity index (χ4v) is 3.54. The molecule has 7 heteroatoms. The van der Waals surface area contributed by atoms with Gasteiger partial charge in [0.15, 0.2) is 5.82 Å². The second kappa shape index (κ2) is 7.19. The number of fused-ring (bicyclic) bond motifs is 1. The van der Waals surface area contributed by atoms with Crippen molar-refractivity contribution in [2.45, 2.75) is 0 Å². The van der Waals surface area contributed by atoms with Gasteiger partial charge >= 0.3 is 0 Å². The summed E-state index contributed by atoms with van der Waals surface area (Å²) in [5.41, 5.74) is 2.62. The van der Waals surface area contributed by atoms with Gasteiger partial charge in [-0.1, -0.05) is 0 Å². The number of carbonyl (C=O) groups is 1. The molecular weight excluding hydrogens is 342 g/mol. The minimum Gasteiger partial charge on any atom is -0.497 e. The number of rotatable bonds is 4. The lowest BCUT2D eigenvalue weighted by atomic mass is 10.1. The summed E-state index contributed by atoms with van der Waals surface area (Å²) < 4.78 is 5.30. The zero-order chi connectivity index (χ0) is 18.8. The zero-order valence-corrected chi connectivity index (χ0v) is 15.5. The SMILES string of the molecule is CNc1cccnc1N1CCN(C(=O)c2c[nH]c3ccc(OC)cc23)CC1. The lowest BCUT2D eigenvalue weighted by Crippen LogP contribution is -2.49. The average molecular weight is 365 g/mol. The molecule has 0 atom stereocenters. The Morgan fingerprint density at radius 2 is 2.04 bits per heavy atom. The summed E-state index contributed by atoms with van der Waals surface area (Å²) in [4.78, 5) is 24.9. The van der Waals surface area contributed by atoms with Gasteiger partial charge in [-0.25, -0.2) is 4.98 Å². The highest BCUT2D eigenvalue weighted by molar-refractivity contribution is 6.07. The van der Waals surface area contributed by atoms with E-state index in [2.05, 4.69) is 20.2 Å². The molecule has 27 heavy (non-hydrogen) atoms. The number of carbonyl (C=O) groups excluding carboxylic acids is 1. The topological polar surface area (TPSA) is 73.5 Å². The first-order valence-electron chi connectivity index (χ1n) is 9.03. The van der Waals surface area contributed by atoms with Gasteiger partial charge in [0.25, 0.3) is 5.91 Å². The number of benzene rings is 1. The van der Waals surface area contributed by atoms with E-state index < -0.39 is 0 Å². The summed E-state index contributed by atoms with van der Waals surface area (Å²) in [7, 11) is 3.52. The number of amides is 1. The number of nitrogens with zero attached hydrogens (tertiary/aromatic N) is 3. The Balaban J connectivity index is 1.51. The van der Waals surface area contributed by atoms with Crippen LogP contribution in [0.4, 0.5) is 11.5 Å². The van der Waals surface area contributed by atoms with E-state index in [1.165, 1.54) is 0 Å². The molecular formula is C20H23N5O2. The molecule has 1 fully saturated rings. The smallest absolute Gasteiger partial charge is 0.256 e. The highest BCUT2D eigenvalue weighted by Crippen LogP contribution is 2.26. The van der Waals surface area contributed by atoms with E-state index in [9.17, 15) is 4.79 Å². The number of hydrogen-bond acceptors (Lipinski definition) is 5. The van der Waals surface area contributed by atoms with Crippen LogP contribution < -0.4 is 15.0 Å². The van der Waals surface area contributed by atoms with E-state index in [-0.39, 0.29) is 5.91 Å². The van der Waals surface area contributed by atoms with Crippen LogP contribution in [0, 0.1) is 0 Å². The Bertz CT molecular complexity index is 960. The van der Waals surface area contributed by atoms with Crippen LogP contribution in [0.15, 0.2) is 42.7 Å². The fourth-order valence-electron chi connectivity index (χ4n) is 3.54. The quantitative estimate of drug-likeness (QED) is 0.743. The number of aromatic amines is 1. The van der Waals surface area contributed by atoms with Crippen molar-refractivity contribution in [2.75, 3.05) is 50.6 Å². The molecule has 2 aromatic heterocycles. The second-order valence-electron chi connectivity index (χ2n) is 6.52. The van der Waals surface area contributed by atoms with Crippen LogP contribution in [-0.4, -0.2) is 61.1 Å². The van der Waals surface area contributed by atoms with E-state index in [0.717, 1.165) is 41.2 Å². The number of H-pyrrole nitrogens is 1. The number of anilines is 2. The first-order chi connectivity index (χ1) is 13.2. The Morgan fingerprint density at radius 1 is 1.22 bits per heavy atom. The molecule has 3 heterocycles. The monoisotopic (exact) mass is 365 g/mol. The third-order valence-electron chi connectivity index (χ3n) is 5.04. The lowest BCUT2D eigenvalue weighted by Gasteiger charge is -2.36. The Morgan fingerprint density at radius 3 is 2.78 bits per heavy atom. The maximum atomic E-state index is 13.1. The summed E-state index contributed by atoms with van der Waals surface area (Å²) in [6.07, 6.45) is 3.59. The zero-order valence-electron chi connectivity index (χ0n) is 15.5. The van der Waals surface area contributed by atoms with E-state index in [0.29, 0.717) is 18.7 Å². The van der Waals surface area contributed by atoms with Crippen molar-refractivity contribution < 1.29 is 9.53 Å². The molecule has 0 radical (unpaired) electrons. The highest BCUT2D eigenvalue weighted by atomic mass is 16.5. The molecule has 4 rings (SSSR count). The average Bonchev–Trinajstić information content (AvgIpc) is 3.16. The molecule has 140 valence electrons. The standard InChI is InChI=1S/C20H23N5O2/c1-21-18-4-3-7-22-19(18)24-8-10-25(11-9-24)20(26)16-13-23-17-6-5-14(27-2)12-15(16)17/h3-7,12-13,21,23H,8-11H2,1-2H3. The van der Waals surface area contributed by atoms with Crippen molar-refractivity contribution in [3.63, 3.8) is 0 Å². The molecule has 1 aromatic carbocycles. The van der Waals surface area contributed by atoms with Gasteiger partial charge in [0.2, 0.25) is 0 Å². The number of ether oxygens (including phenoxy) is 1. The highest BCUT2D eigenvalue weighted by Gasteiger charge is 2.25. The number of methoxy groups -OCH3 is 1. The van der Waals surface area contributed by atoms with Crippen molar-refractivity contribution in [3.05, 3.63) is 48.3 Å². The molecule has 1 saturated heterocycles. The van der Waals surface area contributed by atoms with Gasteiger partial charge < -0.3 is 24.8 Å². The van der Waals surface area contributed by atoms with Crippen LogP contribution in [0.5, 0.6) is 5.75 Å². The molecule has 0 unspecified atom stereocenters.